The number of hydrogen-bond acceptors (Lipinski definition) is 2. The first kappa shape index (κ1) is 16.8. The number of quaternary nitrogens is 1. The van der Waals surface area contributed by atoms with Crippen LogP contribution in [0.4, 0.5) is 0 Å². The summed E-state index contributed by atoms with van der Waals surface area (Å²) in [5, 5.41) is 0.509. The van der Waals surface area contributed by atoms with Crippen LogP contribution in [-0.4, -0.2) is 33.6 Å². The van der Waals surface area contributed by atoms with Gasteiger partial charge in [-0.05, 0) is 12.1 Å². The third-order valence-electron chi connectivity index (χ3n) is 4.88. The average Bonchev–Trinajstić information content (AvgIpc) is 2.65. The van der Waals surface area contributed by atoms with Crippen LogP contribution in [0.5, 0.6) is 0 Å². The zero-order valence-corrected chi connectivity index (χ0v) is 15.2. The van der Waals surface area contributed by atoms with Gasteiger partial charge in [0.2, 0.25) is 10.0 Å². The van der Waals surface area contributed by atoms with Crippen molar-refractivity contribution in [3.63, 3.8) is 0 Å². The van der Waals surface area contributed by atoms with E-state index >= 15 is 0 Å². The molecule has 0 saturated carbocycles. The Balaban J connectivity index is 1.81. The third-order valence-corrected chi connectivity index (χ3v) is 7.58. The van der Waals surface area contributed by atoms with Gasteiger partial charge in [-0.2, -0.15) is 0 Å². The molecule has 0 radical (unpaired) electrons. The van der Waals surface area contributed by atoms with Crippen LogP contribution in [0.15, 0.2) is 17.0 Å². The number of hydrogen-bond donors (Lipinski definition) is 2. The highest BCUT2D eigenvalue weighted by Crippen LogP contribution is 2.32. The molecule has 2 N–H and O–H groups in total. The fourth-order valence-corrected chi connectivity index (χ4v) is 5.93. The molecule has 2 unspecified atom stereocenters. The van der Waals surface area contributed by atoms with Crippen LogP contribution in [-0.2, 0) is 10.0 Å². The standard InChI is InChI=1S/C14H17Cl3N2O2S/c1-19-9-2-3-10(19)5-8(4-9)18-22(20,21)14-7-12(16)11(15)6-13(14)17/h6-10,18H,2-5H2,1H3/p+1/t8?,9-,10+. The summed E-state index contributed by atoms with van der Waals surface area (Å²) in [5.41, 5.74) is 0. The number of halogens is 3. The molecule has 2 aliphatic rings. The van der Waals surface area contributed by atoms with E-state index in [4.69, 9.17) is 34.8 Å². The minimum Gasteiger partial charge on any atom is -0.332 e. The molecule has 0 aromatic heterocycles. The zero-order valence-electron chi connectivity index (χ0n) is 12.1. The summed E-state index contributed by atoms with van der Waals surface area (Å²) in [5.74, 6) is 0. The molecular weight excluding hydrogens is 367 g/mol. The molecule has 1 aromatic carbocycles. The second-order valence-electron chi connectivity index (χ2n) is 6.20. The zero-order chi connectivity index (χ0) is 16.1. The van der Waals surface area contributed by atoms with Crippen LogP contribution in [0.2, 0.25) is 15.1 Å². The Hall–Kier alpha value is -0.0400. The quantitative estimate of drug-likeness (QED) is 0.785. The number of sulfonamides is 1. The van der Waals surface area contributed by atoms with Crippen molar-refractivity contribution in [1.29, 1.82) is 0 Å². The Morgan fingerprint density at radius 1 is 1.05 bits per heavy atom. The Morgan fingerprint density at radius 3 is 2.18 bits per heavy atom. The first-order chi connectivity index (χ1) is 10.3. The van der Waals surface area contributed by atoms with E-state index in [1.165, 1.54) is 29.9 Å². The molecule has 2 saturated heterocycles. The first-order valence-corrected chi connectivity index (χ1v) is 9.90. The maximum Gasteiger partial charge on any atom is 0.242 e. The van der Waals surface area contributed by atoms with E-state index in [0.717, 1.165) is 12.8 Å². The lowest BCUT2D eigenvalue weighted by molar-refractivity contribution is -0.922. The molecule has 22 heavy (non-hydrogen) atoms. The van der Waals surface area contributed by atoms with E-state index in [1.807, 2.05) is 0 Å². The van der Waals surface area contributed by atoms with Crippen molar-refractivity contribution >= 4 is 44.8 Å². The fraction of sp³-hybridized carbons (Fsp3) is 0.571. The summed E-state index contributed by atoms with van der Waals surface area (Å²) < 4.78 is 28.0. The van der Waals surface area contributed by atoms with Crippen LogP contribution in [0.25, 0.3) is 0 Å². The molecule has 4 atom stereocenters. The molecule has 0 spiro atoms. The molecule has 2 aliphatic heterocycles. The molecule has 1 aromatic rings. The van der Waals surface area contributed by atoms with Crippen LogP contribution in [0.3, 0.4) is 0 Å². The lowest BCUT2D eigenvalue weighted by Crippen LogP contribution is -3.15. The Labute approximate surface area is 145 Å². The van der Waals surface area contributed by atoms with Crippen molar-refractivity contribution in [2.75, 3.05) is 7.05 Å². The van der Waals surface area contributed by atoms with Gasteiger partial charge >= 0.3 is 0 Å². The van der Waals surface area contributed by atoms with Gasteiger partial charge in [0.05, 0.1) is 34.2 Å². The molecule has 2 fully saturated rings. The second kappa shape index (κ2) is 6.11. The minimum absolute atomic E-state index is 0.0119. The van der Waals surface area contributed by atoms with Gasteiger partial charge in [-0.25, -0.2) is 13.1 Å². The monoisotopic (exact) mass is 383 g/mol. The third kappa shape index (κ3) is 3.12. The van der Waals surface area contributed by atoms with Gasteiger partial charge in [-0.3, -0.25) is 0 Å². The first-order valence-electron chi connectivity index (χ1n) is 7.28. The molecule has 3 rings (SSSR count). The van der Waals surface area contributed by atoms with E-state index < -0.39 is 10.0 Å². The van der Waals surface area contributed by atoms with Gasteiger partial charge in [0.1, 0.15) is 4.90 Å². The Kier molecular flexibility index (Phi) is 4.67. The fourth-order valence-electron chi connectivity index (χ4n) is 3.67. The largest absolute Gasteiger partial charge is 0.332 e. The smallest absolute Gasteiger partial charge is 0.242 e. The minimum atomic E-state index is -3.70. The van der Waals surface area contributed by atoms with Crippen molar-refractivity contribution in [3.8, 4) is 0 Å². The van der Waals surface area contributed by atoms with Gasteiger partial charge in [0, 0.05) is 31.7 Å². The summed E-state index contributed by atoms with van der Waals surface area (Å²) in [6, 6.07) is 3.70. The normalized spacial score (nSPS) is 31.5. The average molecular weight is 385 g/mol. The van der Waals surface area contributed by atoms with Crippen LogP contribution >= 0.6 is 34.8 Å². The predicted octanol–water partition coefficient (Wildman–Crippen LogP) is 2.13. The number of nitrogens with one attached hydrogen (secondary N) is 2. The van der Waals surface area contributed by atoms with Crippen molar-refractivity contribution in [2.24, 2.45) is 0 Å². The number of piperidine rings is 1. The van der Waals surface area contributed by atoms with Gasteiger partial charge in [0.15, 0.2) is 0 Å². The van der Waals surface area contributed by atoms with Gasteiger partial charge < -0.3 is 4.90 Å². The summed E-state index contributed by atoms with van der Waals surface area (Å²) in [6.45, 7) is 0. The summed E-state index contributed by atoms with van der Waals surface area (Å²) in [4.78, 5) is 1.52. The second-order valence-corrected chi connectivity index (χ2v) is 9.11. The maximum absolute atomic E-state index is 12.6. The highest BCUT2D eigenvalue weighted by atomic mass is 35.5. The maximum atomic E-state index is 12.6. The van der Waals surface area contributed by atoms with Gasteiger partial charge in [0.25, 0.3) is 0 Å². The summed E-state index contributed by atoms with van der Waals surface area (Å²) in [6.07, 6.45) is 4.06. The Bertz CT molecular complexity index is 682. The van der Waals surface area contributed by atoms with Crippen LogP contribution in [0, 0.1) is 0 Å². The number of fused-ring (bicyclic) bond motifs is 2. The van der Waals surface area contributed by atoms with Crippen molar-refractivity contribution in [3.05, 3.63) is 27.2 Å². The molecule has 0 aliphatic carbocycles. The van der Waals surface area contributed by atoms with Crippen molar-refractivity contribution in [1.82, 2.24) is 4.72 Å². The number of benzene rings is 1. The van der Waals surface area contributed by atoms with Crippen molar-refractivity contribution in [2.45, 2.75) is 48.7 Å². The molecule has 2 heterocycles. The van der Waals surface area contributed by atoms with Crippen LogP contribution in [0.1, 0.15) is 25.7 Å². The van der Waals surface area contributed by atoms with Crippen LogP contribution < -0.4 is 9.62 Å². The molecule has 122 valence electrons. The molecule has 0 amide bonds. The van der Waals surface area contributed by atoms with Crippen molar-refractivity contribution < 1.29 is 13.3 Å². The Morgan fingerprint density at radius 2 is 1.59 bits per heavy atom. The molecule has 4 nitrogen and oxygen atoms in total. The van der Waals surface area contributed by atoms with Gasteiger partial charge in [-0.1, -0.05) is 34.8 Å². The predicted molar refractivity (Wildman–Crippen MR) is 88.5 cm³/mol. The molecule has 8 heteroatoms. The van der Waals surface area contributed by atoms with Gasteiger partial charge in [-0.15, -0.1) is 0 Å². The van der Waals surface area contributed by atoms with E-state index in [2.05, 4.69) is 11.8 Å². The summed E-state index contributed by atoms with van der Waals surface area (Å²) >= 11 is 17.8. The van der Waals surface area contributed by atoms with E-state index in [0.29, 0.717) is 12.1 Å². The van der Waals surface area contributed by atoms with E-state index in [1.54, 1.807) is 0 Å². The molecule has 2 bridgehead atoms. The topological polar surface area (TPSA) is 50.6 Å². The SMILES string of the molecule is C[NH+]1[C@@H]2CC[C@H]1CC(NS(=O)(=O)c1cc(Cl)c(Cl)cc1Cl)C2. The summed E-state index contributed by atoms with van der Waals surface area (Å²) in [7, 11) is -1.50. The van der Waals surface area contributed by atoms with E-state index in [9.17, 15) is 8.42 Å². The number of rotatable bonds is 3. The lowest BCUT2D eigenvalue weighted by atomic mass is 9.99. The highest BCUT2D eigenvalue weighted by molar-refractivity contribution is 7.89. The highest BCUT2D eigenvalue weighted by Gasteiger charge is 2.43. The molecular formula is C14H18Cl3N2O2S+. The lowest BCUT2D eigenvalue weighted by Gasteiger charge is -2.33. The van der Waals surface area contributed by atoms with E-state index in [-0.39, 0.29) is 26.0 Å².